The standard InChI is InChI=1S/C23H45FO6/c1-7-18(4)11-28-15-22(14-25,16-29-12-19(5)8-2)17-30-13-20(6)10-23(24,9-3)21(26)27/h18-20,25H,7-17H2,1-6H3,(H,26,27). The second-order valence-electron chi connectivity index (χ2n) is 9.16. The molecule has 0 aliphatic heterocycles. The predicted molar refractivity (Wildman–Crippen MR) is 116 cm³/mol. The zero-order chi connectivity index (χ0) is 23.2. The van der Waals surface area contributed by atoms with Gasteiger partial charge in [0.1, 0.15) is 0 Å². The Balaban J connectivity index is 4.85. The van der Waals surface area contributed by atoms with Crippen LogP contribution in [-0.2, 0) is 19.0 Å². The topological polar surface area (TPSA) is 85.2 Å². The van der Waals surface area contributed by atoms with Gasteiger partial charge >= 0.3 is 5.97 Å². The summed E-state index contributed by atoms with van der Waals surface area (Å²) in [6.45, 7) is 13.8. The summed E-state index contributed by atoms with van der Waals surface area (Å²) in [5, 5.41) is 19.2. The van der Waals surface area contributed by atoms with Crippen molar-refractivity contribution in [3.63, 3.8) is 0 Å². The molecule has 0 aromatic heterocycles. The van der Waals surface area contributed by atoms with Gasteiger partial charge in [-0.3, -0.25) is 0 Å². The van der Waals surface area contributed by atoms with E-state index in [0.29, 0.717) is 38.3 Å². The number of aliphatic hydroxyl groups is 1. The Kier molecular flexibility index (Phi) is 14.7. The molecule has 4 unspecified atom stereocenters. The summed E-state index contributed by atoms with van der Waals surface area (Å²) < 4.78 is 32.0. The van der Waals surface area contributed by atoms with E-state index in [4.69, 9.17) is 19.3 Å². The minimum atomic E-state index is -2.24. The van der Waals surface area contributed by atoms with Crippen molar-refractivity contribution < 1.29 is 33.6 Å². The van der Waals surface area contributed by atoms with Crippen LogP contribution in [0.25, 0.3) is 0 Å². The van der Waals surface area contributed by atoms with Gasteiger partial charge in [0.25, 0.3) is 0 Å². The highest BCUT2D eigenvalue weighted by atomic mass is 19.1. The average Bonchev–Trinajstić information content (AvgIpc) is 2.72. The van der Waals surface area contributed by atoms with Crippen LogP contribution in [0.5, 0.6) is 0 Å². The van der Waals surface area contributed by atoms with E-state index < -0.39 is 17.1 Å². The highest BCUT2D eigenvalue weighted by Gasteiger charge is 2.38. The van der Waals surface area contributed by atoms with Crippen LogP contribution in [0.3, 0.4) is 0 Å². The molecule has 6 nitrogen and oxygen atoms in total. The normalized spacial score (nSPS) is 18.9. The molecule has 0 aliphatic carbocycles. The summed E-state index contributed by atoms with van der Waals surface area (Å²) in [7, 11) is 0. The number of alkyl halides is 1. The number of aliphatic hydroxyl groups excluding tert-OH is 1. The van der Waals surface area contributed by atoms with Gasteiger partial charge < -0.3 is 24.4 Å². The lowest BCUT2D eigenvalue weighted by atomic mass is 9.90. The number of hydrogen-bond donors (Lipinski definition) is 2. The van der Waals surface area contributed by atoms with Crippen molar-refractivity contribution in [2.45, 2.75) is 72.9 Å². The molecule has 4 atom stereocenters. The number of carbonyl (C=O) groups is 1. The second kappa shape index (κ2) is 15.1. The van der Waals surface area contributed by atoms with Crippen molar-refractivity contribution in [3.8, 4) is 0 Å². The van der Waals surface area contributed by atoms with Gasteiger partial charge in [0.15, 0.2) is 0 Å². The number of aliphatic carboxylic acids is 1. The fraction of sp³-hybridized carbons (Fsp3) is 0.957. The fourth-order valence-corrected chi connectivity index (χ4v) is 2.92. The third kappa shape index (κ3) is 11.0. The minimum absolute atomic E-state index is 0.0832. The summed E-state index contributed by atoms with van der Waals surface area (Å²) in [5.41, 5.74) is -2.94. The lowest BCUT2D eigenvalue weighted by molar-refractivity contribution is -0.153. The maximum atomic E-state index is 14.4. The van der Waals surface area contributed by atoms with Crippen molar-refractivity contribution >= 4 is 5.97 Å². The summed E-state index contributed by atoms with van der Waals surface area (Å²) >= 11 is 0. The quantitative estimate of drug-likeness (QED) is 0.313. The van der Waals surface area contributed by atoms with Gasteiger partial charge in [-0.2, -0.15) is 0 Å². The third-order valence-electron chi connectivity index (χ3n) is 5.78. The van der Waals surface area contributed by atoms with Gasteiger partial charge in [-0.05, 0) is 30.6 Å². The number of halogens is 1. The van der Waals surface area contributed by atoms with Crippen LogP contribution in [-0.4, -0.2) is 68.1 Å². The van der Waals surface area contributed by atoms with Crippen LogP contribution in [0.1, 0.15) is 67.2 Å². The highest BCUT2D eigenvalue weighted by molar-refractivity contribution is 5.77. The van der Waals surface area contributed by atoms with E-state index in [1.165, 1.54) is 6.92 Å². The molecule has 0 spiro atoms. The van der Waals surface area contributed by atoms with Gasteiger partial charge in [-0.25, -0.2) is 9.18 Å². The van der Waals surface area contributed by atoms with Crippen LogP contribution in [0.4, 0.5) is 4.39 Å². The molecule has 0 aliphatic rings. The number of rotatable bonds is 19. The molecule has 0 fully saturated rings. The van der Waals surface area contributed by atoms with Gasteiger partial charge in [0.2, 0.25) is 5.67 Å². The number of ether oxygens (including phenoxy) is 3. The van der Waals surface area contributed by atoms with E-state index in [-0.39, 0.29) is 38.6 Å². The summed E-state index contributed by atoms with van der Waals surface area (Å²) in [6, 6.07) is 0. The highest BCUT2D eigenvalue weighted by Crippen LogP contribution is 2.27. The predicted octanol–water partition coefficient (Wildman–Crippen LogP) is 4.34. The monoisotopic (exact) mass is 436 g/mol. The lowest BCUT2D eigenvalue weighted by Crippen LogP contribution is -2.42. The van der Waals surface area contributed by atoms with Crippen molar-refractivity contribution in [1.82, 2.24) is 0 Å². The molecule has 0 saturated heterocycles. The van der Waals surface area contributed by atoms with Crippen molar-refractivity contribution in [2.24, 2.45) is 23.2 Å². The lowest BCUT2D eigenvalue weighted by Gasteiger charge is -2.32. The van der Waals surface area contributed by atoms with Gasteiger partial charge in [-0.1, -0.05) is 54.4 Å². The molecule has 180 valence electrons. The third-order valence-corrected chi connectivity index (χ3v) is 5.78. The van der Waals surface area contributed by atoms with E-state index in [9.17, 15) is 14.3 Å². The maximum Gasteiger partial charge on any atom is 0.341 e. The van der Waals surface area contributed by atoms with Gasteiger partial charge in [0.05, 0.1) is 31.8 Å². The number of carboxylic acid groups (broad SMARTS) is 1. The van der Waals surface area contributed by atoms with E-state index in [1.807, 2.05) is 0 Å². The molecule has 7 heteroatoms. The SMILES string of the molecule is CCC(C)COCC(CO)(COCC(C)CC)COCC(C)CC(F)(CC)C(=O)O. The van der Waals surface area contributed by atoms with Crippen molar-refractivity contribution in [1.29, 1.82) is 0 Å². The molecule has 30 heavy (non-hydrogen) atoms. The Hall–Kier alpha value is -0.760. The molecule has 0 rings (SSSR count). The van der Waals surface area contributed by atoms with E-state index in [2.05, 4.69) is 27.7 Å². The fourth-order valence-electron chi connectivity index (χ4n) is 2.92. The largest absolute Gasteiger partial charge is 0.479 e. The molecule has 0 aromatic carbocycles. The van der Waals surface area contributed by atoms with Crippen LogP contribution < -0.4 is 0 Å². The zero-order valence-corrected chi connectivity index (χ0v) is 19.9. The summed E-state index contributed by atoms with van der Waals surface area (Å²) in [6.07, 6.45) is 1.83. The first-order valence-corrected chi connectivity index (χ1v) is 11.3. The maximum absolute atomic E-state index is 14.4. The Morgan fingerprint density at radius 3 is 1.57 bits per heavy atom. The first kappa shape index (κ1) is 29.2. The van der Waals surface area contributed by atoms with Crippen molar-refractivity contribution in [3.05, 3.63) is 0 Å². The van der Waals surface area contributed by atoms with Crippen LogP contribution >= 0.6 is 0 Å². The molecule has 0 amide bonds. The molecular formula is C23H45FO6. The Morgan fingerprint density at radius 1 is 0.867 bits per heavy atom. The summed E-state index contributed by atoms with van der Waals surface area (Å²) in [5.74, 6) is -0.861. The molecule has 0 radical (unpaired) electrons. The molecule has 0 saturated carbocycles. The Labute approximate surface area is 182 Å². The first-order valence-electron chi connectivity index (χ1n) is 11.3. The van der Waals surface area contributed by atoms with Crippen LogP contribution in [0.2, 0.25) is 0 Å². The van der Waals surface area contributed by atoms with Crippen molar-refractivity contribution in [2.75, 3.05) is 46.2 Å². The van der Waals surface area contributed by atoms with E-state index in [1.54, 1.807) is 6.92 Å². The molecule has 2 N–H and O–H groups in total. The Morgan fingerprint density at radius 2 is 1.27 bits per heavy atom. The second-order valence-corrected chi connectivity index (χ2v) is 9.16. The van der Waals surface area contributed by atoms with Crippen LogP contribution in [0.15, 0.2) is 0 Å². The molecule has 0 heterocycles. The van der Waals surface area contributed by atoms with E-state index in [0.717, 1.165) is 12.8 Å². The zero-order valence-electron chi connectivity index (χ0n) is 19.9. The molecular weight excluding hydrogens is 391 g/mol. The van der Waals surface area contributed by atoms with Gasteiger partial charge in [0, 0.05) is 19.8 Å². The first-order chi connectivity index (χ1) is 14.1. The smallest absolute Gasteiger partial charge is 0.341 e. The molecule has 0 aromatic rings. The minimum Gasteiger partial charge on any atom is -0.479 e. The Bertz CT molecular complexity index is 445. The van der Waals surface area contributed by atoms with E-state index >= 15 is 0 Å². The van der Waals surface area contributed by atoms with Gasteiger partial charge in [-0.15, -0.1) is 0 Å². The van der Waals surface area contributed by atoms with Crippen LogP contribution in [0, 0.1) is 23.2 Å². The number of carboxylic acids is 1. The average molecular weight is 437 g/mol. The summed E-state index contributed by atoms with van der Waals surface area (Å²) in [4.78, 5) is 11.2. The molecule has 0 bridgehead atoms. The number of hydrogen-bond acceptors (Lipinski definition) is 5.